The Hall–Kier alpha value is -3.48. The Morgan fingerprint density at radius 2 is 1.86 bits per heavy atom. The molecule has 0 saturated carbocycles. The highest BCUT2D eigenvalue weighted by Gasteiger charge is 2.22. The van der Waals surface area contributed by atoms with E-state index in [1.807, 2.05) is 36.4 Å². The second-order valence-corrected chi connectivity index (χ2v) is 6.43. The first kappa shape index (κ1) is 17.9. The first-order valence-corrected chi connectivity index (χ1v) is 8.92. The number of nitrogens with one attached hydrogen (secondary N) is 1. The van der Waals surface area contributed by atoms with E-state index < -0.39 is 18.5 Å². The SMILES string of the molecule is Cc1c(C(=O)OCC(=O)NCC2COc3ccccc3O2)oc2ccccc12. The van der Waals surface area contributed by atoms with Gasteiger partial charge in [-0.15, -0.1) is 0 Å². The zero-order chi connectivity index (χ0) is 19.5. The van der Waals surface area contributed by atoms with Gasteiger partial charge in [-0.05, 0) is 25.1 Å². The molecular formula is C21H19NO6. The zero-order valence-electron chi connectivity index (χ0n) is 15.3. The lowest BCUT2D eigenvalue weighted by Crippen LogP contribution is -2.42. The highest BCUT2D eigenvalue weighted by Crippen LogP contribution is 2.30. The van der Waals surface area contributed by atoms with Crippen molar-refractivity contribution in [2.24, 2.45) is 0 Å². The monoisotopic (exact) mass is 381 g/mol. The van der Waals surface area contributed by atoms with Gasteiger partial charge in [0.15, 0.2) is 18.1 Å². The van der Waals surface area contributed by atoms with Crippen LogP contribution in [-0.4, -0.2) is 37.7 Å². The molecule has 0 spiro atoms. The summed E-state index contributed by atoms with van der Waals surface area (Å²) in [5.41, 5.74) is 1.29. The van der Waals surface area contributed by atoms with E-state index >= 15 is 0 Å². The first-order valence-electron chi connectivity index (χ1n) is 8.92. The number of amides is 1. The molecule has 1 aromatic heterocycles. The Labute approximate surface area is 161 Å². The Morgan fingerprint density at radius 3 is 2.68 bits per heavy atom. The summed E-state index contributed by atoms with van der Waals surface area (Å²) in [5.74, 6) is 0.328. The van der Waals surface area contributed by atoms with Crippen LogP contribution in [-0.2, 0) is 9.53 Å². The molecule has 7 heteroatoms. The minimum atomic E-state index is -0.671. The molecule has 4 rings (SSSR count). The van der Waals surface area contributed by atoms with Gasteiger partial charge in [-0.2, -0.15) is 0 Å². The van der Waals surface area contributed by atoms with Gasteiger partial charge < -0.3 is 23.9 Å². The van der Waals surface area contributed by atoms with Crippen LogP contribution in [0, 0.1) is 6.92 Å². The van der Waals surface area contributed by atoms with Gasteiger partial charge in [0.25, 0.3) is 5.91 Å². The molecular weight excluding hydrogens is 362 g/mol. The van der Waals surface area contributed by atoms with Crippen molar-refractivity contribution in [3.63, 3.8) is 0 Å². The van der Waals surface area contributed by atoms with Crippen molar-refractivity contribution in [2.45, 2.75) is 13.0 Å². The number of ether oxygens (including phenoxy) is 3. The maximum Gasteiger partial charge on any atom is 0.375 e. The van der Waals surface area contributed by atoms with Crippen LogP contribution in [0.3, 0.4) is 0 Å². The van der Waals surface area contributed by atoms with Crippen molar-refractivity contribution in [3.8, 4) is 11.5 Å². The van der Waals surface area contributed by atoms with E-state index in [9.17, 15) is 9.59 Å². The van der Waals surface area contributed by atoms with E-state index in [0.29, 0.717) is 29.3 Å². The third-order valence-electron chi connectivity index (χ3n) is 4.46. The second kappa shape index (κ2) is 7.64. The molecule has 1 atom stereocenters. The standard InChI is InChI=1S/C21H19NO6/c1-13-15-6-2-3-7-16(15)28-20(13)21(24)26-12-19(23)22-10-14-11-25-17-8-4-5-9-18(17)27-14/h2-9,14H,10-12H2,1H3,(H,22,23). The number of rotatable bonds is 5. The molecule has 1 aliphatic rings. The van der Waals surface area contributed by atoms with E-state index in [1.165, 1.54) is 0 Å². The molecule has 2 heterocycles. The molecule has 144 valence electrons. The van der Waals surface area contributed by atoms with Gasteiger partial charge in [-0.25, -0.2) is 4.79 Å². The van der Waals surface area contributed by atoms with Crippen LogP contribution in [0.2, 0.25) is 0 Å². The van der Waals surface area contributed by atoms with E-state index in [2.05, 4.69) is 5.32 Å². The van der Waals surface area contributed by atoms with Crippen molar-refractivity contribution in [2.75, 3.05) is 19.8 Å². The molecule has 0 fully saturated rings. The molecule has 0 saturated heterocycles. The van der Waals surface area contributed by atoms with Crippen LogP contribution in [0.15, 0.2) is 52.9 Å². The minimum absolute atomic E-state index is 0.106. The number of hydrogen-bond donors (Lipinski definition) is 1. The second-order valence-electron chi connectivity index (χ2n) is 6.43. The number of benzene rings is 2. The third-order valence-corrected chi connectivity index (χ3v) is 4.46. The Balaban J connectivity index is 1.27. The number of hydrogen-bond acceptors (Lipinski definition) is 6. The summed E-state index contributed by atoms with van der Waals surface area (Å²) in [7, 11) is 0. The molecule has 1 unspecified atom stereocenters. The number of fused-ring (bicyclic) bond motifs is 2. The number of aryl methyl sites for hydroxylation is 1. The van der Waals surface area contributed by atoms with E-state index in [0.717, 1.165) is 5.39 Å². The van der Waals surface area contributed by atoms with Gasteiger partial charge in [0.05, 0.1) is 6.54 Å². The molecule has 0 bridgehead atoms. The van der Waals surface area contributed by atoms with E-state index in [1.54, 1.807) is 19.1 Å². The van der Waals surface area contributed by atoms with Crippen molar-refractivity contribution in [1.82, 2.24) is 5.32 Å². The normalized spacial score (nSPS) is 15.2. The number of esters is 1. The Bertz CT molecular complexity index is 1020. The highest BCUT2D eigenvalue weighted by atomic mass is 16.6. The molecule has 2 aromatic carbocycles. The van der Waals surface area contributed by atoms with Crippen molar-refractivity contribution in [3.05, 3.63) is 59.9 Å². The van der Waals surface area contributed by atoms with Crippen LogP contribution in [0.5, 0.6) is 11.5 Å². The maximum absolute atomic E-state index is 12.2. The fourth-order valence-electron chi connectivity index (χ4n) is 3.01. The molecule has 1 aliphatic heterocycles. The van der Waals surface area contributed by atoms with Crippen LogP contribution in [0.4, 0.5) is 0 Å². The summed E-state index contributed by atoms with van der Waals surface area (Å²) >= 11 is 0. The van der Waals surface area contributed by atoms with E-state index in [-0.39, 0.29) is 18.4 Å². The minimum Gasteiger partial charge on any atom is -0.486 e. The lowest BCUT2D eigenvalue weighted by atomic mass is 10.1. The topological polar surface area (TPSA) is 87.0 Å². The smallest absolute Gasteiger partial charge is 0.375 e. The van der Waals surface area contributed by atoms with Gasteiger partial charge >= 0.3 is 5.97 Å². The van der Waals surface area contributed by atoms with Gasteiger partial charge in [0.2, 0.25) is 5.76 Å². The highest BCUT2D eigenvalue weighted by molar-refractivity contribution is 5.96. The molecule has 28 heavy (non-hydrogen) atoms. The zero-order valence-corrected chi connectivity index (χ0v) is 15.3. The van der Waals surface area contributed by atoms with Crippen LogP contribution in [0.1, 0.15) is 16.1 Å². The third kappa shape index (κ3) is 3.64. The number of carbonyl (C=O) groups excluding carboxylic acids is 2. The average molecular weight is 381 g/mol. The maximum atomic E-state index is 12.2. The number of carbonyl (C=O) groups is 2. The summed E-state index contributed by atoms with van der Waals surface area (Å²) in [6, 6.07) is 14.7. The van der Waals surface area contributed by atoms with Crippen molar-refractivity contribution in [1.29, 1.82) is 0 Å². The number of para-hydroxylation sites is 3. The van der Waals surface area contributed by atoms with Crippen molar-refractivity contribution >= 4 is 22.8 Å². The molecule has 0 aliphatic carbocycles. The van der Waals surface area contributed by atoms with Crippen molar-refractivity contribution < 1.29 is 28.2 Å². The molecule has 1 amide bonds. The molecule has 7 nitrogen and oxygen atoms in total. The average Bonchev–Trinajstić information content (AvgIpc) is 3.07. The fraction of sp³-hybridized carbons (Fsp3) is 0.238. The predicted octanol–water partition coefficient (Wildman–Crippen LogP) is 2.85. The van der Waals surface area contributed by atoms with Gasteiger partial charge in [-0.1, -0.05) is 30.3 Å². The lowest BCUT2D eigenvalue weighted by Gasteiger charge is -2.26. The van der Waals surface area contributed by atoms with Crippen LogP contribution < -0.4 is 14.8 Å². The Kier molecular flexibility index (Phi) is 4.89. The van der Waals surface area contributed by atoms with Gasteiger partial charge in [-0.3, -0.25) is 4.79 Å². The summed E-state index contributed by atoms with van der Waals surface area (Å²) in [4.78, 5) is 24.3. The Morgan fingerprint density at radius 1 is 1.11 bits per heavy atom. The quantitative estimate of drug-likeness (QED) is 0.684. The fourth-order valence-corrected chi connectivity index (χ4v) is 3.01. The number of furan rings is 1. The summed E-state index contributed by atoms with van der Waals surface area (Å²) in [5, 5.41) is 3.52. The van der Waals surface area contributed by atoms with Gasteiger partial charge in [0.1, 0.15) is 18.3 Å². The lowest BCUT2D eigenvalue weighted by molar-refractivity contribution is -0.124. The largest absolute Gasteiger partial charge is 0.486 e. The summed E-state index contributed by atoms with van der Waals surface area (Å²) < 4.78 is 22.0. The van der Waals surface area contributed by atoms with Gasteiger partial charge in [0, 0.05) is 10.9 Å². The van der Waals surface area contributed by atoms with E-state index in [4.69, 9.17) is 18.6 Å². The predicted molar refractivity (Wildman–Crippen MR) is 101 cm³/mol. The summed E-state index contributed by atoms with van der Waals surface area (Å²) in [6.45, 7) is 1.95. The summed E-state index contributed by atoms with van der Waals surface area (Å²) in [6.07, 6.45) is -0.313. The molecule has 1 N–H and O–H groups in total. The first-order chi connectivity index (χ1) is 13.6. The van der Waals surface area contributed by atoms with Crippen LogP contribution >= 0.6 is 0 Å². The molecule has 3 aromatic rings. The van der Waals surface area contributed by atoms with Crippen LogP contribution in [0.25, 0.3) is 11.0 Å². The molecule has 0 radical (unpaired) electrons.